The van der Waals surface area contributed by atoms with E-state index in [1.165, 1.54) is 4.90 Å². The summed E-state index contributed by atoms with van der Waals surface area (Å²) in [6, 6.07) is 9.33. The van der Waals surface area contributed by atoms with Crippen molar-refractivity contribution in [1.82, 2.24) is 10.2 Å². The van der Waals surface area contributed by atoms with Gasteiger partial charge in [0.15, 0.2) is 0 Å². The summed E-state index contributed by atoms with van der Waals surface area (Å²) in [6.45, 7) is 0.308. The second-order valence-corrected chi connectivity index (χ2v) is 5.91. The molecule has 7 heteroatoms. The Morgan fingerprint density at radius 3 is 2.70 bits per heavy atom. The standard InChI is InChI=1S/C16H18N2O4S/c19-10-8-17-14(20)7-4-9-18-15(21)13(23-16(18)22)11-12-5-2-1-3-6-12/h1-3,5-6,11,19H,4,7-10H2,(H,17,20)/b13-11+. The summed E-state index contributed by atoms with van der Waals surface area (Å²) in [6.07, 6.45) is 2.30. The molecule has 23 heavy (non-hydrogen) atoms. The Labute approximate surface area is 138 Å². The Kier molecular flexibility index (Phi) is 6.37. The second kappa shape index (κ2) is 8.50. The van der Waals surface area contributed by atoms with E-state index >= 15 is 0 Å². The van der Waals surface area contributed by atoms with Gasteiger partial charge in [-0.15, -0.1) is 0 Å². The number of aliphatic hydroxyl groups excluding tert-OH is 1. The van der Waals surface area contributed by atoms with Crippen LogP contribution in [-0.2, 0) is 9.59 Å². The van der Waals surface area contributed by atoms with Crippen molar-refractivity contribution in [1.29, 1.82) is 0 Å². The highest BCUT2D eigenvalue weighted by atomic mass is 32.2. The van der Waals surface area contributed by atoms with Crippen LogP contribution in [0.15, 0.2) is 35.2 Å². The highest BCUT2D eigenvalue weighted by Gasteiger charge is 2.34. The SMILES string of the molecule is O=C(CCCN1C(=O)S/C(=C/c2ccccc2)C1=O)NCCO. The van der Waals surface area contributed by atoms with Crippen LogP contribution in [0.2, 0.25) is 0 Å². The number of amides is 3. The zero-order valence-corrected chi connectivity index (χ0v) is 13.3. The maximum absolute atomic E-state index is 12.3. The number of hydrogen-bond acceptors (Lipinski definition) is 5. The van der Waals surface area contributed by atoms with E-state index in [0.717, 1.165) is 17.3 Å². The first-order chi connectivity index (χ1) is 11.1. The molecule has 0 spiro atoms. The lowest BCUT2D eigenvalue weighted by molar-refractivity contribution is -0.124. The highest BCUT2D eigenvalue weighted by molar-refractivity contribution is 8.18. The van der Waals surface area contributed by atoms with Crippen molar-refractivity contribution in [2.75, 3.05) is 19.7 Å². The molecule has 0 atom stereocenters. The van der Waals surface area contributed by atoms with E-state index in [2.05, 4.69) is 5.32 Å². The number of rotatable bonds is 7. The average Bonchev–Trinajstić information content (AvgIpc) is 2.81. The third-order valence-corrected chi connectivity index (χ3v) is 4.10. The number of hydrogen-bond donors (Lipinski definition) is 2. The smallest absolute Gasteiger partial charge is 0.293 e. The van der Waals surface area contributed by atoms with Crippen molar-refractivity contribution in [3.63, 3.8) is 0 Å². The minimum Gasteiger partial charge on any atom is -0.395 e. The Balaban J connectivity index is 1.89. The van der Waals surface area contributed by atoms with Crippen molar-refractivity contribution in [2.45, 2.75) is 12.8 Å². The lowest BCUT2D eigenvalue weighted by Gasteiger charge is -2.11. The Morgan fingerprint density at radius 1 is 1.26 bits per heavy atom. The van der Waals surface area contributed by atoms with Gasteiger partial charge in [-0.2, -0.15) is 0 Å². The molecule has 122 valence electrons. The zero-order valence-electron chi connectivity index (χ0n) is 12.5. The molecule has 1 aliphatic heterocycles. The maximum atomic E-state index is 12.3. The van der Waals surface area contributed by atoms with Gasteiger partial charge in [0.1, 0.15) is 0 Å². The van der Waals surface area contributed by atoms with Gasteiger partial charge >= 0.3 is 0 Å². The van der Waals surface area contributed by atoms with E-state index < -0.39 is 0 Å². The monoisotopic (exact) mass is 334 g/mol. The van der Waals surface area contributed by atoms with Crippen LogP contribution in [0.25, 0.3) is 6.08 Å². The average molecular weight is 334 g/mol. The summed E-state index contributed by atoms with van der Waals surface area (Å²) in [5.74, 6) is -0.523. The predicted molar refractivity (Wildman–Crippen MR) is 88.4 cm³/mol. The van der Waals surface area contributed by atoms with Gasteiger partial charge in [-0.05, 0) is 29.8 Å². The number of imide groups is 1. The molecule has 0 aliphatic carbocycles. The summed E-state index contributed by atoms with van der Waals surface area (Å²) in [5, 5.41) is 10.8. The molecule has 1 fully saturated rings. The molecule has 6 nitrogen and oxygen atoms in total. The van der Waals surface area contributed by atoms with E-state index in [9.17, 15) is 14.4 Å². The fourth-order valence-corrected chi connectivity index (χ4v) is 2.94. The third kappa shape index (κ3) is 4.94. The Bertz CT molecular complexity index is 616. The molecule has 0 saturated carbocycles. The molecule has 0 bridgehead atoms. The van der Waals surface area contributed by atoms with Gasteiger partial charge < -0.3 is 10.4 Å². The van der Waals surface area contributed by atoms with Crippen LogP contribution < -0.4 is 5.32 Å². The fraction of sp³-hybridized carbons (Fsp3) is 0.312. The lowest BCUT2D eigenvalue weighted by Crippen LogP contribution is -2.31. The van der Waals surface area contributed by atoms with Crippen molar-refractivity contribution >= 4 is 34.9 Å². The van der Waals surface area contributed by atoms with Gasteiger partial charge in [0.25, 0.3) is 11.1 Å². The number of aliphatic hydroxyl groups is 1. The van der Waals surface area contributed by atoms with Crippen molar-refractivity contribution in [2.24, 2.45) is 0 Å². The van der Waals surface area contributed by atoms with Crippen LogP contribution >= 0.6 is 11.8 Å². The van der Waals surface area contributed by atoms with Gasteiger partial charge in [0.2, 0.25) is 5.91 Å². The summed E-state index contributed by atoms with van der Waals surface area (Å²) in [5.41, 5.74) is 0.862. The van der Waals surface area contributed by atoms with Crippen LogP contribution in [0.3, 0.4) is 0 Å². The molecule has 1 aliphatic rings. The Hall–Kier alpha value is -2.12. The van der Waals surface area contributed by atoms with Gasteiger partial charge in [0.05, 0.1) is 11.5 Å². The molecule has 2 rings (SSSR count). The van der Waals surface area contributed by atoms with E-state index in [0.29, 0.717) is 11.3 Å². The first kappa shape index (κ1) is 17.2. The molecule has 0 aromatic heterocycles. The van der Waals surface area contributed by atoms with E-state index in [-0.39, 0.29) is 43.2 Å². The van der Waals surface area contributed by atoms with Crippen LogP contribution in [0, 0.1) is 0 Å². The quantitative estimate of drug-likeness (QED) is 0.740. The number of carbonyl (C=O) groups excluding carboxylic acids is 3. The molecule has 1 aromatic carbocycles. The fourth-order valence-electron chi connectivity index (χ4n) is 2.07. The number of nitrogens with one attached hydrogen (secondary N) is 1. The third-order valence-electron chi connectivity index (χ3n) is 3.19. The van der Waals surface area contributed by atoms with Crippen LogP contribution in [0.5, 0.6) is 0 Å². The van der Waals surface area contributed by atoms with Crippen LogP contribution in [0.1, 0.15) is 18.4 Å². The summed E-state index contributed by atoms with van der Waals surface area (Å²) in [7, 11) is 0. The molecular formula is C16H18N2O4S. The second-order valence-electron chi connectivity index (χ2n) is 4.92. The molecule has 1 saturated heterocycles. The first-order valence-corrected chi connectivity index (χ1v) is 8.11. The number of thioether (sulfide) groups is 1. The van der Waals surface area contributed by atoms with Crippen molar-refractivity contribution in [3.8, 4) is 0 Å². The Morgan fingerprint density at radius 2 is 2.00 bits per heavy atom. The van der Waals surface area contributed by atoms with Gasteiger partial charge in [-0.25, -0.2) is 0 Å². The van der Waals surface area contributed by atoms with E-state index in [1.807, 2.05) is 30.3 Å². The number of nitrogens with zero attached hydrogens (tertiary/aromatic N) is 1. The van der Waals surface area contributed by atoms with Crippen molar-refractivity contribution < 1.29 is 19.5 Å². The molecule has 0 radical (unpaired) electrons. The van der Waals surface area contributed by atoms with Crippen LogP contribution in [-0.4, -0.2) is 46.8 Å². The van der Waals surface area contributed by atoms with Gasteiger partial charge in [0, 0.05) is 19.5 Å². The molecule has 1 aromatic rings. The topological polar surface area (TPSA) is 86.7 Å². The molecule has 3 amide bonds. The summed E-state index contributed by atoms with van der Waals surface area (Å²) < 4.78 is 0. The minimum absolute atomic E-state index is 0.112. The largest absolute Gasteiger partial charge is 0.395 e. The minimum atomic E-state index is -0.320. The summed E-state index contributed by atoms with van der Waals surface area (Å²) >= 11 is 0.914. The summed E-state index contributed by atoms with van der Waals surface area (Å²) in [4.78, 5) is 37.2. The van der Waals surface area contributed by atoms with Gasteiger partial charge in [-0.3, -0.25) is 19.3 Å². The van der Waals surface area contributed by atoms with E-state index in [1.54, 1.807) is 6.08 Å². The molecule has 0 unspecified atom stereocenters. The molecule has 2 N–H and O–H groups in total. The first-order valence-electron chi connectivity index (χ1n) is 7.30. The molecule has 1 heterocycles. The normalized spacial score (nSPS) is 16.2. The predicted octanol–water partition coefficient (Wildman–Crippen LogP) is 1.61. The molecular weight excluding hydrogens is 316 g/mol. The van der Waals surface area contributed by atoms with Crippen molar-refractivity contribution in [3.05, 3.63) is 40.8 Å². The zero-order chi connectivity index (χ0) is 16.7. The lowest BCUT2D eigenvalue weighted by atomic mass is 10.2. The number of carbonyl (C=O) groups is 3. The maximum Gasteiger partial charge on any atom is 0.293 e. The van der Waals surface area contributed by atoms with Crippen LogP contribution in [0.4, 0.5) is 4.79 Å². The van der Waals surface area contributed by atoms with Gasteiger partial charge in [-0.1, -0.05) is 30.3 Å². The highest BCUT2D eigenvalue weighted by Crippen LogP contribution is 2.32. The van der Waals surface area contributed by atoms with E-state index in [4.69, 9.17) is 5.11 Å². The number of benzene rings is 1.